The lowest BCUT2D eigenvalue weighted by atomic mass is 10.1. The van der Waals surface area contributed by atoms with Crippen LogP contribution < -0.4 is 14.8 Å². The normalized spacial score (nSPS) is 10.9. The van der Waals surface area contributed by atoms with Crippen LogP contribution in [0, 0.1) is 6.92 Å². The highest BCUT2D eigenvalue weighted by atomic mass is 32.2. The van der Waals surface area contributed by atoms with Crippen LogP contribution in [0.4, 0.5) is 0 Å². The number of amides is 1. The van der Waals surface area contributed by atoms with Crippen LogP contribution in [-0.2, 0) is 11.2 Å². The molecule has 0 bridgehead atoms. The van der Waals surface area contributed by atoms with Gasteiger partial charge in [-0.3, -0.25) is 4.79 Å². The second kappa shape index (κ2) is 10.4. The van der Waals surface area contributed by atoms with Gasteiger partial charge in [0.2, 0.25) is 5.91 Å². The number of nitrogens with zero attached hydrogens (tertiary/aromatic N) is 3. The van der Waals surface area contributed by atoms with E-state index in [4.69, 9.17) is 14.5 Å². The van der Waals surface area contributed by atoms with Crippen LogP contribution in [0.1, 0.15) is 11.3 Å². The lowest BCUT2D eigenvalue weighted by Gasteiger charge is -2.10. The predicted molar refractivity (Wildman–Crippen MR) is 130 cm³/mol. The summed E-state index contributed by atoms with van der Waals surface area (Å²) in [4.78, 5) is 17.1. The Morgan fingerprint density at radius 2 is 1.85 bits per heavy atom. The molecule has 0 spiro atoms. The van der Waals surface area contributed by atoms with Crippen LogP contribution >= 0.6 is 11.8 Å². The van der Waals surface area contributed by atoms with E-state index in [9.17, 15) is 4.79 Å². The van der Waals surface area contributed by atoms with E-state index in [1.807, 2.05) is 49.4 Å². The van der Waals surface area contributed by atoms with Gasteiger partial charge in [0.15, 0.2) is 17.1 Å². The number of benzene rings is 2. The van der Waals surface area contributed by atoms with Crippen molar-refractivity contribution >= 4 is 23.3 Å². The average Bonchev–Trinajstić information content (AvgIpc) is 3.26. The monoisotopic (exact) mass is 462 g/mol. The second-order valence-corrected chi connectivity index (χ2v) is 8.47. The van der Waals surface area contributed by atoms with Crippen molar-refractivity contribution in [3.8, 4) is 22.6 Å². The molecule has 2 heterocycles. The zero-order chi connectivity index (χ0) is 23.2. The Bertz CT molecular complexity index is 1260. The Labute approximate surface area is 197 Å². The Morgan fingerprint density at radius 1 is 1.06 bits per heavy atom. The van der Waals surface area contributed by atoms with E-state index in [1.54, 1.807) is 24.9 Å². The van der Waals surface area contributed by atoms with Crippen molar-refractivity contribution in [1.82, 2.24) is 19.9 Å². The number of fused-ring (bicyclic) bond motifs is 1. The second-order valence-electron chi connectivity index (χ2n) is 7.47. The van der Waals surface area contributed by atoms with Gasteiger partial charge >= 0.3 is 0 Å². The fraction of sp³-hybridized carbons (Fsp3) is 0.240. The molecule has 4 aromatic rings. The molecule has 1 N–H and O–H groups in total. The maximum absolute atomic E-state index is 12.4. The molecule has 1 amide bonds. The average molecular weight is 463 g/mol. The first kappa shape index (κ1) is 22.7. The molecule has 0 saturated heterocycles. The summed E-state index contributed by atoms with van der Waals surface area (Å²) in [7, 11) is 3.22. The molecule has 2 aromatic heterocycles. The molecule has 0 saturated carbocycles. The minimum Gasteiger partial charge on any atom is -0.493 e. The van der Waals surface area contributed by atoms with Gasteiger partial charge in [-0.2, -0.15) is 5.10 Å². The first-order valence-corrected chi connectivity index (χ1v) is 11.6. The molecule has 7 nitrogen and oxygen atoms in total. The highest BCUT2D eigenvalue weighted by molar-refractivity contribution is 7.99. The highest BCUT2D eigenvalue weighted by Gasteiger charge is 2.15. The Kier molecular flexibility index (Phi) is 7.14. The summed E-state index contributed by atoms with van der Waals surface area (Å²) in [6.45, 7) is 2.55. The van der Waals surface area contributed by atoms with Gasteiger partial charge in [-0.25, -0.2) is 9.50 Å². The van der Waals surface area contributed by atoms with Gasteiger partial charge < -0.3 is 14.8 Å². The zero-order valence-corrected chi connectivity index (χ0v) is 19.7. The maximum atomic E-state index is 12.4. The van der Waals surface area contributed by atoms with Crippen molar-refractivity contribution in [2.45, 2.75) is 18.4 Å². The lowest BCUT2D eigenvalue weighted by Crippen LogP contribution is -2.27. The van der Waals surface area contributed by atoms with E-state index >= 15 is 0 Å². The molecule has 0 aliphatic rings. The molecule has 0 fully saturated rings. The van der Waals surface area contributed by atoms with Gasteiger partial charge in [0, 0.05) is 17.8 Å². The number of aromatic nitrogens is 3. The summed E-state index contributed by atoms with van der Waals surface area (Å²) in [5, 5.41) is 8.39. The van der Waals surface area contributed by atoms with Crippen molar-refractivity contribution in [2.24, 2.45) is 0 Å². The molecule has 2 aromatic carbocycles. The zero-order valence-electron chi connectivity index (χ0n) is 18.9. The maximum Gasteiger partial charge on any atom is 0.230 e. The minimum atomic E-state index is -0.00850. The summed E-state index contributed by atoms with van der Waals surface area (Å²) >= 11 is 1.44. The van der Waals surface area contributed by atoms with E-state index in [-0.39, 0.29) is 5.91 Å². The molecule has 0 aliphatic heterocycles. The number of methoxy groups -OCH3 is 2. The third kappa shape index (κ3) is 5.28. The van der Waals surface area contributed by atoms with Crippen molar-refractivity contribution in [3.05, 3.63) is 72.1 Å². The van der Waals surface area contributed by atoms with Crippen LogP contribution in [0.15, 0.2) is 65.8 Å². The highest BCUT2D eigenvalue weighted by Crippen LogP contribution is 2.34. The molecule has 8 heteroatoms. The molecule has 4 rings (SSSR count). The summed E-state index contributed by atoms with van der Waals surface area (Å²) < 4.78 is 12.6. The fourth-order valence-electron chi connectivity index (χ4n) is 3.54. The fourth-order valence-corrected chi connectivity index (χ4v) is 4.43. The number of ether oxygens (including phenoxy) is 2. The summed E-state index contributed by atoms with van der Waals surface area (Å²) in [6, 6.07) is 17.8. The number of carbonyl (C=O) groups is 1. The first-order chi connectivity index (χ1) is 16.1. The van der Waals surface area contributed by atoms with Gasteiger partial charge in [0.25, 0.3) is 0 Å². The SMILES string of the molecule is COc1ccc(-c2cnn3c(SCC(=O)NCCc4ccccc4)cc(C)nc23)cc1OC. The smallest absolute Gasteiger partial charge is 0.230 e. The molecule has 0 unspecified atom stereocenters. The van der Waals surface area contributed by atoms with Gasteiger partial charge in [-0.05, 0) is 42.7 Å². The molecule has 0 atom stereocenters. The minimum absolute atomic E-state index is 0.00850. The van der Waals surface area contributed by atoms with Crippen molar-refractivity contribution < 1.29 is 14.3 Å². The number of nitrogens with one attached hydrogen (secondary N) is 1. The molecular formula is C25H26N4O3S. The van der Waals surface area contributed by atoms with Crippen LogP contribution in [0.2, 0.25) is 0 Å². The summed E-state index contributed by atoms with van der Waals surface area (Å²) in [5.74, 6) is 1.60. The van der Waals surface area contributed by atoms with Crippen molar-refractivity contribution in [2.75, 3.05) is 26.5 Å². The van der Waals surface area contributed by atoms with Gasteiger partial charge in [0.1, 0.15) is 5.03 Å². The number of thioether (sulfide) groups is 1. The largest absolute Gasteiger partial charge is 0.493 e. The van der Waals surface area contributed by atoms with Gasteiger partial charge in [-0.1, -0.05) is 48.2 Å². The number of carbonyl (C=O) groups excluding carboxylic acids is 1. The molecule has 33 heavy (non-hydrogen) atoms. The van der Waals surface area contributed by atoms with Gasteiger partial charge in [0.05, 0.1) is 26.2 Å². The third-order valence-corrected chi connectivity index (χ3v) is 6.18. The number of rotatable bonds is 9. The van der Waals surface area contributed by atoms with Crippen LogP contribution in [0.5, 0.6) is 11.5 Å². The number of hydrogen-bond acceptors (Lipinski definition) is 6. The van der Waals surface area contributed by atoms with Crippen molar-refractivity contribution in [1.29, 1.82) is 0 Å². The lowest BCUT2D eigenvalue weighted by molar-refractivity contribution is -0.118. The van der Waals surface area contributed by atoms with E-state index < -0.39 is 0 Å². The Balaban J connectivity index is 1.48. The number of aryl methyl sites for hydroxylation is 1. The molecular weight excluding hydrogens is 436 g/mol. The van der Waals surface area contributed by atoms with E-state index in [0.717, 1.165) is 33.9 Å². The summed E-state index contributed by atoms with van der Waals surface area (Å²) in [6.07, 6.45) is 2.59. The Hall–Kier alpha value is -3.52. The molecule has 0 aliphatic carbocycles. The van der Waals surface area contributed by atoms with Gasteiger partial charge in [-0.15, -0.1) is 0 Å². The van der Waals surface area contributed by atoms with Crippen LogP contribution in [-0.4, -0.2) is 47.0 Å². The first-order valence-electron chi connectivity index (χ1n) is 10.6. The quantitative estimate of drug-likeness (QED) is 0.297. The van der Waals surface area contributed by atoms with Crippen LogP contribution in [0.3, 0.4) is 0 Å². The van der Waals surface area contributed by atoms with E-state index in [0.29, 0.717) is 23.8 Å². The van der Waals surface area contributed by atoms with E-state index in [1.165, 1.54) is 17.3 Å². The van der Waals surface area contributed by atoms with Crippen molar-refractivity contribution in [3.63, 3.8) is 0 Å². The topological polar surface area (TPSA) is 77.8 Å². The predicted octanol–water partition coefficient (Wildman–Crippen LogP) is 4.17. The molecule has 170 valence electrons. The number of hydrogen-bond donors (Lipinski definition) is 1. The summed E-state index contributed by atoms with van der Waals surface area (Å²) in [5.41, 5.74) is 4.60. The third-order valence-electron chi connectivity index (χ3n) is 5.19. The standard InChI is InChI=1S/C25H26N4O3S/c1-17-13-24(33-16-23(30)26-12-11-18-7-5-4-6-8-18)29-25(28-17)20(15-27-29)19-9-10-21(31-2)22(14-19)32-3/h4-10,13-15H,11-12,16H2,1-3H3,(H,26,30). The Morgan fingerprint density at radius 3 is 2.61 bits per heavy atom. The molecule has 0 radical (unpaired) electrons. The van der Waals surface area contributed by atoms with Crippen LogP contribution in [0.25, 0.3) is 16.8 Å². The van der Waals surface area contributed by atoms with E-state index in [2.05, 4.69) is 22.5 Å².